The van der Waals surface area contributed by atoms with Crippen molar-refractivity contribution in [1.82, 2.24) is 15.1 Å². The number of rotatable bonds is 7. The van der Waals surface area contributed by atoms with Crippen LogP contribution in [0.15, 0.2) is 36.5 Å². The maximum atomic E-state index is 15.0. The van der Waals surface area contributed by atoms with Crippen LogP contribution in [0, 0.1) is 5.82 Å². The Morgan fingerprint density at radius 3 is 2.71 bits per heavy atom. The van der Waals surface area contributed by atoms with Crippen molar-refractivity contribution in [2.24, 2.45) is 0 Å². The number of ether oxygens (including phenoxy) is 1. The zero-order chi connectivity index (χ0) is 20.0. The van der Waals surface area contributed by atoms with Gasteiger partial charge in [0.1, 0.15) is 11.5 Å². The van der Waals surface area contributed by atoms with Gasteiger partial charge in [-0.15, -0.1) is 5.10 Å². The fourth-order valence-electron chi connectivity index (χ4n) is 3.26. The van der Waals surface area contributed by atoms with E-state index in [1.807, 2.05) is 0 Å². The molecule has 1 aliphatic rings. The van der Waals surface area contributed by atoms with E-state index in [9.17, 15) is 9.18 Å². The van der Waals surface area contributed by atoms with Gasteiger partial charge in [-0.2, -0.15) is 5.10 Å². The summed E-state index contributed by atoms with van der Waals surface area (Å²) in [4.78, 5) is 14.1. The Hall–Kier alpha value is -2.28. The van der Waals surface area contributed by atoms with Crippen LogP contribution in [0.3, 0.4) is 0 Å². The number of likely N-dealkylation sites (tertiary alicyclic amines) is 1. The second kappa shape index (κ2) is 9.28. The van der Waals surface area contributed by atoms with Gasteiger partial charge < -0.3 is 9.64 Å². The first-order valence-electron chi connectivity index (χ1n) is 9.31. The molecule has 0 saturated carbocycles. The fraction of sp³-hybridized carbons (Fsp3) is 0.450. The van der Waals surface area contributed by atoms with Gasteiger partial charge in [0.2, 0.25) is 5.88 Å². The maximum absolute atomic E-state index is 15.0. The molecular weight excluding hydrogens is 388 g/mol. The van der Waals surface area contributed by atoms with E-state index >= 15 is 4.39 Å². The standard InChI is InChI=1S/C20H22ClF2N3O2/c21-16-14-15(5-6-17(16)22)19(27)26-11-8-20(23,9-12-26)7-1-2-13-28-18-4-3-10-24-25-18/h3-6,10,14H,1-2,7-9,11-13H2. The predicted octanol–water partition coefficient (Wildman–Crippen LogP) is 4.46. The average Bonchev–Trinajstić information content (AvgIpc) is 2.71. The molecule has 150 valence electrons. The summed E-state index contributed by atoms with van der Waals surface area (Å²) in [7, 11) is 0. The van der Waals surface area contributed by atoms with E-state index in [0.29, 0.717) is 56.8 Å². The largest absolute Gasteiger partial charge is 0.477 e. The number of benzene rings is 1. The molecule has 0 spiro atoms. The van der Waals surface area contributed by atoms with Crippen molar-refractivity contribution < 1.29 is 18.3 Å². The fourth-order valence-corrected chi connectivity index (χ4v) is 3.44. The zero-order valence-corrected chi connectivity index (χ0v) is 16.2. The Morgan fingerprint density at radius 2 is 2.04 bits per heavy atom. The van der Waals surface area contributed by atoms with Gasteiger partial charge in [-0.05, 0) is 56.4 Å². The minimum atomic E-state index is -1.27. The molecule has 0 aliphatic carbocycles. The van der Waals surface area contributed by atoms with E-state index < -0.39 is 11.5 Å². The van der Waals surface area contributed by atoms with Crippen molar-refractivity contribution in [2.45, 2.75) is 37.8 Å². The van der Waals surface area contributed by atoms with Crippen LogP contribution in [0.1, 0.15) is 42.5 Å². The third-order valence-corrected chi connectivity index (χ3v) is 5.22. The van der Waals surface area contributed by atoms with Gasteiger partial charge in [-0.3, -0.25) is 4.79 Å². The quantitative estimate of drug-likeness (QED) is 0.633. The lowest BCUT2D eigenvalue weighted by Crippen LogP contribution is -2.44. The van der Waals surface area contributed by atoms with E-state index in [0.717, 1.165) is 6.42 Å². The van der Waals surface area contributed by atoms with Crippen LogP contribution >= 0.6 is 11.6 Å². The Labute approximate surface area is 167 Å². The van der Waals surface area contributed by atoms with Gasteiger partial charge in [0.05, 0.1) is 11.6 Å². The number of halogens is 3. The lowest BCUT2D eigenvalue weighted by atomic mass is 9.88. The number of hydrogen-bond acceptors (Lipinski definition) is 4. The Bertz CT molecular complexity index is 799. The molecule has 3 rings (SSSR count). The highest BCUT2D eigenvalue weighted by Crippen LogP contribution is 2.32. The van der Waals surface area contributed by atoms with Crippen LogP contribution < -0.4 is 4.74 Å². The molecule has 0 atom stereocenters. The van der Waals surface area contributed by atoms with Crippen LogP contribution in [0.4, 0.5) is 8.78 Å². The number of amides is 1. The number of piperidine rings is 1. The second-order valence-electron chi connectivity index (χ2n) is 6.94. The summed E-state index contributed by atoms with van der Waals surface area (Å²) in [6, 6.07) is 7.35. The molecule has 8 heteroatoms. The van der Waals surface area contributed by atoms with Crippen LogP contribution in [0.5, 0.6) is 5.88 Å². The predicted molar refractivity (Wildman–Crippen MR) is 102 cm³/mol. The smallest absolute Gasteiger partial charge is 0.253 e. The van der Waals surface area contributed by atoms with Gasteiger partial charge in [-0.1, -0.05) is 11.6 Å². The third-order valence-electron chi connectivity index (χ3n) is 4.93. The van der Waals surface area contributed by atoms with Crippen molar-refractivity contribution in [3.05, 3.63) is 52.9 Å². The van der Waals surface area contributed by atoms with E-state index in [-0.39, 0.29) is 10.9 Å². The molecule has 1 amide bonds. The Morgan fingerprint density at radius 1 is 1.25 bits per heavy atom. The van der Waals surface area contributed by atoms with Gasteiger partial charge in [0.15, 0.2) is 0 Å². The van der Waals surface area contributed by atoms with Gasteiger partial charge in [-0.25, -0.2) is 8.78 Å². The highest BCUT2D eigenvalue weighted by molar-refractivity contribution is 6.31. The number of nitrogens with zero attached hydrogens (tertiary/aromatic N) is 3. The summed E-state index contributed by atoms with van der Waals surface area (Å²) < 4.78 is 33.7. The summed E-state index contributed by atoms with van der Waals surface area (Å²) in [5.41, 5.74) is -0.956. The molecule has 2 aromatic rings. The molecule has 1 fully saturated rings. The van der Waals surface area contributed by atoms with Gasteiger partial charge in [0, 0.05) is 30.9 Å². The lowest BCUT2D eigenvalue weighted by molar-refractivity contribution is 0.0382. The third kappa shape index (κ3) is 5.38. The highest BCUT2D eigenvalue weighted by Gasteiger charge is 2.35. The van der Waals surface area contributed by atoms with Gasteiger partial charge in [0.25, 0.3) is 5.91 Å². The number of alkyl halides is 1. The molecule has 1 saturated heterocycles. The van der Waals surface area contributed by atoms with Crippen LogP contribution in [0.25, 0.3) is 0 Å². The first kappa shape index (κ1) is 20.5. The summed E-state index contributed by atoms with van der Waals surface area (Å²) in [5, 5.41) is 7.46. The van der Waals surface area contributed by atoms with Crippen LogP contribution in [-0.2, 0) is 0 Å². The molecule has 1 aliphatic heterocycles. The molecule has 2 heterocycles. The molecule has 0 bridgehead atoms. The lowest BCUT2D eigenvalue weighted by Gasteiger charge is -2.36. The molecule has 0 unspecified atom stereocenters. The minimum absolute atomic E-state index is 0.0913. The van der Waals surface area contributed by atoms with E-state index in [1.165, 1.54) is 18.2 Å². The van der Waals surface area contributed by atoms with Crippen LogP contribution in [0.2, 0.25) is 5.02 Å². The molecule has 0 radical (unpaired) electrons. The molecule has 5 nitrogen and oxygen atoms in total. The number of hydrogen-bond donors (Lipinski definition) is 0. The van der Waals surface area contributed by atoms with Crippen molar-refractivity contribution in [3.63, 3.8) is 0 Å². The van der Waals surface area contributed by atoms with E-state index in [4.69, 9.17) is 16.3 Å². The average molecular weight is 410 g/mol. The van der Waals surface area contributed by atoms with Crippen molar-refractivity contribution in [1.29, 1.82) is 0 Å². The number of carbonyl (C=O) groups is 1. The summed E-state index contributed by atoms with van der Waals surface area (Å²) in [6.45, 7) is 1.13. The monoisotopic (exact) mass is 409 g/mol. The first-order chi connectivity index (χ1) is 13.5. The summed E-state index contributed by atoms with van der Waals surface area (Å²) >= 11 is 5.74. The summed E-state index contributed by atoms with van der Waals surface area (Å²) in [6.07, 6.45) is 4.00. The zero-order valence-electron chi connectivity index (χ0n) is 15.4. The maximum Gasteiger partial charge on any atom is 0.253 e. The van der Waals surface area contributed by atoms with Gasteiger partial charge >= 0.3 is 0 Å². The van der Waals surface area contributed by atoms with Crippen molar-refractivity contribution >= 4 is 17.5 Å². The van der Waals surface area contributed by atoms with Crippen molar-refractivity contribution in [3.8, 4) is 5.88 Å². The van der Waals surface area contributed by atoms with Crippen LogP contribution in [-0.4, -0.2) is 46.4 Å². The first-order valence-corrected chi connectivity index (χ1v) is 9.68. The molecule has 0 N–H and O–H groups in total. The highest BCUT2D eigenvalue weighted by atomic mass is 35.5. The normalized spacial score (nSPS) is 16.0. The number of unbranched alkanes of at least 4 members (excludes halogenated alkanes) is 1. The molecule has 1 aromatic heterocycles. The van der Waals surface area contributed by atoms with E-state index in [1.54, 1.807) is 23.2 Å². The number of aromatic nitrogens is 2. The SMILES string of the molecule is O=C(c1ccc(F)c(Cl)c1)N1CCC(F)(CCCCOc2cccnn2)CC1. The second-order valence-corrected chi connectivity index (χ2v) is 7.35. The Balaban J connectivity index is 1.40. The molecule has 28 heavy (non-hydrogen) atoms. The molecule has 1 aromatic carbocycles. The number of carbonyl (C=O) groups excluding carboxylic acids is 1. The van der Waals surface area contributed by atoms with Crippen molar-refractivity contribution in [2.75, 3.05) is 19.7 Å². The topological polar surface area (TPSA) is 55.3 Å². The minimum Gasteiger partial charge on any atom is -0.477 e. The summed E-state index contributed by atoms with van der Waals surface area (Å²) in [5.74, 6) is -0.352. The molecular formula is C20H22ClF2N3O2. The van der Waals surface area contributed by atoms with E-state index in [2.05, 4.69) is 10.2 Å². The Kier molecular flexibility index (Phi) is 6.78.